The minimum Gasteiger partial charge on any atom is -0.279 e. The summed E-state index contributed by atoms with van der Waals surface area (Å²) in [6.07, 6.45) is 1.47. The third-order valence-electron chi connectivity index (χ3n) is 2.71. The Balaban J connectivity index is 1.82. The molecule has 0 saturated heterocycles. The van der Waals surface area contributed by atoms with E-state index in [0.29, 0.717) is 9.90 Å². The van der Waals surface area contributed by atoms with E-state index in [2.05, 4.69) is 20.2 Å². The van der Waals surface area contributed by atoms with Crippen molar-refractivity contribution in [2.75, 3.05) is 4.72 Å². The molecule has 21 heavy (non-hydrogen) atoms. The summed E-state index contributed by atoms with van der Waals surface area (Å²) < 4.78 is 28.7. The summed E-state index contributed by atoms with van der Waals surface area (Å²) in [6.45, 7) is 1.87. The van der Waals surface area contributed by atoms with Crippen LogP contribution in [0.5, 0.6) is 0 Å². The minimum absolute atomic E-state index is 0.296. The molecular weight excluding hydrogens is 310 g/mol. The number of thiophene rings is 1. The van der Waals surface area contributed by atoms with E-state index in [0.717, 1.165) is 10.6 Å². The van der Waals surface area contributed by atoms with Crippen LogP contribution in [0.2, 0.25) is 0 Å². The van der Waals surface area contributed by atoms with E-state index in [-0.39, 0.29) is 0 Å². The summed E-state index contributed by atoms with van der Waals surface area (Å²) in [5.41, 5.74) is 1.23. The Hall–Kier alpha value is -2.26. The Kier molecular flexibility index (Phi) is 3.43. The highest BCUT2D eigenvalue weighted by atomic mass is 32.2. The first-order chi connectivity index (χ1) is 10.0. The number of benzene rings is 1. The first kappa shape index (κ1) is 13.7. The molecule has 0 atom stereocenters. The number of aromatic nitrogens is 4. The summed E-state index contributed by atoms with van der Waals surface area (Å²) in [6, 6.07) is 10.2. The van der Waals surface area contributed by atoms with Crippen LogP contribution in [0.3, 0.4) is 0 Å². The number of anilines is 1. The highest BCUT2D eigenvalue weighted by molar-refractivity contribution is 7.94. The molecule has 0 bridgehead atoms. The van der Waals surface area contributed by atoms with Crippen LogP contribution < -0.4 is 4.72 Å². The molecule has 0 aliphatic carbocycles. The molecule has 1 N–H and O–H groups in total. The van der Waals surface area contributed by atoms with Crippen LogP contribution in [0, 0.1) is 6.92 Å². The van der Waals surface area contributed by atoms with Gasteiger partial charge in [0, 0.05) is 10.6 Å². The smallest absolute Gasteiger partial charge is 0.271 e. The standard InChI is InChI=1S/C12H11N5O2S2/c1-9-2-7-12(20-9)21(18,19)14-10-3-5-11(6-4-10)17-8-13-15-16-17/h2-8,14H,1H3. The third kappa shape index (κ3) is 2.93. The van der Waals surface area contributed by atoms with Crippen molar-refractivity contribution >= 4 is 27.0 Å². The molecule has 2 aromatic heterocycles. The molecule has 0 saturated carbocycles. The van der Waals surface area contributed by atoms with E-state index in [4.69, 9.17) is 0 Å². The lowest BCUT2D eigenvalue weighted by Gasteiger charge is -2.07. The van der Waals surface area contributed by atoms with Gasteiger partial charge in [-0.25, -0.2) is 13.1 Å². The molecule has 0 aliphatic heterocycles. The molecule has 0 amide bonds. The molecule has 7 nitrogen and oxygen atoms in total. The molecule has 0 aliphatic rings. The molecule has 0 unspecified atom stereocenters. The summed E-state index contributed by atoms with van der Waals surface area (Å²) in [4.78, 5) is 0.949. The molecule has 0 fully saturated rings. The van der Waals surface area contributed by atoms with Crippen LogP contribution in [0.1, 0.15) is 4.88 Å². The largest absolute Gasteiger partial charge is 0.279 e. The summed E-state index contributed by atoms with van der Waals surface area (Å²) in [7, 11) is -3.54. The van der Waals surface area contributed by atoms with Gasteiger partial charge in [0.05, 0.1) is 5.69 Å². The SMILES string of the molecule is Cc1ccc(S(=O)(=O)Nc2ccc(-n3cnnn3)cc2)s1. The lowest BCUT2D eigenvalue weighted by atomic mass is 10.3. The molecule has 0 spiro atoms. The first-order valence-electron chi connectivity index (χ1n) is 5.97. The second kappa shape index (κ2) is 5.26. The van der Waals surface area contributed by atoms with Gasteiger partial charge in [0.2, 0.25) is 0 Å². The van der Waals surface area contributed by atoms with E-state index in [1.807, 2.05) is 6.92 Å². The van der Waals surface area contributed by atoms with Crippen LogP contribution >= 0.6 is 11.3 Å². The van der Waals surface area contributed by atoms with E-state index in [1.165, 1.54) is 22.3 Å². The number of rotatable bonds is 4. The average molecular weight is 321 g/mol. The van der Waals surface area contributed by atoms with Crippen molar-refractivity contribution in [3.63, 3.8) is 0 Å². The monoisotopic (exact) mass is 321 g/mol. The number of nitrogens with one attached hydrogen (secondary N) is 1. The molecule has 3 rings (SSSR count). The number of hydrogen-bond acceptors (Lipinski definition) is 6. The van der Waals surface area contributed by atoms with Crippen LogP contribution in [-0.4, -0.2) is 28.6 Å². The second-order valence-corrected chi connectivity index (χ2v) is 7.47. The van der Waals surface area contributed by atoms with Gasteiger partial charge >= 0.3 is 0 Å². The molecule has 1 aromatic carbocycles. The van der Waals surface area contributed by atoms with Crippen molar-refractivity contribution in [3.05, 3.63) is 47.6 Å². The predicted molar refractivity (Wildman–Crippen MR) is 79.0 cm³/mol. The molecular formula is C12H11N5O2S2. The highest BCUT2D eigenvalue weighted by Gasteiger charge is 2.16. The van der Waals surface area contributed by atoms with Crippen molar-refractivity contribution in [1.82, 2.24) is 20.2 Å². The predicted octanol–water partition coefficient (Wildman–Crippen LogP) is 1.83. The van der Waals surface area contributed by atoms with Gasteiger partial charge in [0.25, 0.3) is 10.0 Å². The van der Waals surface area contributed by atoms with Crippen LogP contribution in [0.15, 0.2) is 46.9 Å². The Morgan fingerprint density at radius 2 is 1.90 bits per heavy atom. The number of nitrogens with zero attached hydrogens (tertiary/aromatic N) is 4. The fraction of sp³-hybridized carbons (Fsp3) is 0.0833. The van der Waals surface area contributed by atoms with Crippen LogP contribution in [-0.2, 0) is 10.0 Å². The van der Waals surface area contributed by atoms with Crippen molar-refractivity contribution in [1.29, 1.82) is 0 Å². The minimum atomic E-state index is -3.54. The average Bonchev–Trinajstić information content (AvgIpc) is 3.10. The fourth-order valence-corrected chi connectivity index (χ4v) is 4.07. The number of aryl methyl sites for hydroxylation is 1. The maximum absolute atomic E-state index is 12.2. The summed E-state index contributed by atoms with van der Waals surface area (Å²) in [5, 5.41) is 10.8. The first-order valence-corrected chi connectivity index (χ1v) is 8.27. The van der Waals surface area contributed by atoms with E-state index < -0.39 is 10.0 Å². The van der Waals surface area contributed by atoms with Gasteiger partial charge in [-0.3, -0.25) is 4.72 Å². The van der Waals surface area contributed by atoms with E-state index in [9.17, 15) is 8.42 Å². The van der Waals surface area contributed by atoms with Gasteiger partial charge in [-0.2, -0.15) is 0 Å². The van der Waals surface area contributed by atoms with Crippen molar-refractivity contribution in [2.24, 2.45) is 0 Å². The quantitative estimate of drug-likeness (QED) is 0.792. The maximum atomic E-state index is 12.2. The molecule has 3 aromatic rings. The maximum Gasteiger partial charge on any atom is 0.271 e. The Morgan fingerprint density at radius 3 is 2.48 bits per heavy atom. The van der Waals surface area contributed by atoms with E-state index in [1.54, 1.807) is 36.4 Å². The van der Waals surface area contributed by atoms with Gasteiger partial charge in [0.15, 0.2) is 0 Å². The highest BCUT2D eigenvalue weighted by Crippen LogP contribution is 2.23. The van der Waals surface area contributed by atoms with Crippen molar-refractivity contribution in [2.45, 2.75) is 11.1 Å². The second-order valence-electron chi connectivity index (χ2n) is 4.27. The van der Waals surface area contributed by atoms with Gasteiger partial charge in [0.1, 0.15) is 10.5 Å². The zero-order valence-corrected chi connectivity index (χ0v) is 12.6. The normalized spacial score (nSPS) is 11.5. The van der Waals surface area contributed by atoms with Gasteiger partial charge in [-0.1, -0.05) is 0 Å². The number of hydrogen-bond donors (Lipinski definition) is 1. The lowest BCUT2D eigenvalue weighted by Crippen LogP contribution is -2.11. The molecule has 9 heteroatoms. The van der Waals surface area contributed by atoms with E-state index >= 15 is 0 Å². The van der Waals surface area contributed by atoms with Crippen LogP contribution in [0.25, 0.3) is 5.69 Å². The number of tetrazole rings is 1. The number of sulfonamides is 1. The Labute approximate surface area is 125 Å². The zero-order chi connectivity index (χ0) is 14.9. The summed E-state index contributed by atoms with van der Waals surface area (Å²) >= 11 is 1.23. The van der Waals surface area contributed by atoms with Gasteiger partial charge in [-0.15, -0.1) is 16.4 Å². The summed E-state index contributed by atoms with van der Waals surface area (Å²) in [5.74, 6) is 0. The zero-order valence-electron chi connectivity index (χ0n) is 11.0. The molecule has 2 heterocycles. The van der Waals surface area contributed by atoms with Crippen molar-refractivity contribution in [3.8, 4) is 5.69 Å². The van der Waals surface area contributed by atoms with Gasteiger partial charge < -0.3 is 0 Å². The molecule has 108 valence electrons. The van der Waals surface area contributed by atoms with Crippen LogP contribution in [0.4, 0.5) is 5.69 Å². The Morgan fingerprint density at radius 1 is 1.14 bits per heavy atom. The Bertz CT molecular complexity index is 838. The molecule has 0 radical (unpaired) electrons. The third-order valence-corrected chi connectivity index (χ3v) is 5.59. The topological polar surface area (TPSA) is 89.8 Å². The van der Waals surface area contributed by atoms with Crippen molar-refractivity contribution < 1.29 is 8.42 Å². The fourth-order valence-electron chi connectivity index (χ4n) is 1.72. The van der Waals surface area contributed by atoms with Gasteiger partial charge in [-0.05, 0) is 53.7 Å². The lowest BCUT2D eigenvalue weighted by molar-refractivity contribution is 0.603.